The van der Waals surface area contributed by atoms with E-state index in [4.69, 9.17) is 5.11 Å². The number of carboxylic acid groups (broad SMARTS) is 1. The second-order valence-corrected chi connectivity index (χ2v) is 5.63. The molecule has 0 saturated carbocycles. The molecule has 8 heteroatoms. The van der Waals surface area contributed by atoms with E-state index in [1.807, 2.05) is 0 Å². The number of anilines is 1. The van der Waals surface area contributed by atoms with E-state index in [-0.39, 0.29) is 16.6 Å². The number of hydrogen-bond donors (Lipinski definition) is 3. The van der Waals surface area contributed by atoms with Crippen molar-refractivity contribution in [1.29, 1.82) is 0 Å². The Morgan fingerprint density at radius 3 is 2.45 bits per heavy atom. The molecule has 0 heterocycles. The first-order valence-electron chi connectivity index (χ1n) is 5.56. The Balaban J connectivity index is 2.77. The largest absolute Gasteiger partial charge is 0.481 e. The lowest BCUT2D eigenvalue weighted by atomic mass is 10.0. The Labute approximate surface area is 122 Å². The van der Waals surface area contributed by atoms with Crippen molar-refractivity contribution in [3.63, 3.8) is 0 Å². The molecule has 0 aromatic heterocycles. The maximum atomic E-state index is 13.4. The van der Waals surface area contributed by atoms with Crippen LogP contribution >= 0.6 is 15.9 Å². The van der Waals surface area contributed by atoms with Crippen molar-refractivity contribution < 1.29 is 23.5 Å². The topological polar surface area (TPSA) is 78.4 Å². The van der Waals surface area contributed by atoms with Gasteiger partial charge in [-0.2, -0.15) is 0 Å². The van der Waals surface area contributed by atoms with Crippen molar-refractivity contribution in [2.75, 3.05) is 5.32 Å². The first-order chi connectivity index (χ1) is 9.10. The summed E-state index contributed by atoms with van der Waals surface area (Å²) in [6.07, 6.45) is -0.296. The summed E-state index contributed by atoms with van der Waals surface area (Å²) in [4.78, 5) is 22.3. The smallest absolute Gasteiger partial charge is 0.319 e. The fraction of sp³-hybridized carbons (Fsp3) is 0.333. The molecule has 0 fully saturated rings. The highest BCUT2D eigenvalue weighted by molar-refractivity contribution is 9.10. The number of carbonyl (C=O) groups excluding carboxylic acids is 1. The molecule has 0 aliphatic carbocycles. The summed E-state index contributed by atoms with van der Waals surface area (Å²) < 4.78 is 26.5. The third-order valence-corrected chi connectivity index (χ3v) is 2.91. The molecule has 0 atom stereocenters. The molecule has 1 aromatic carbocycles. The number of hydrogen-bond acceptors (Lipinski definition) is 2. The fourth-order valence-electron chi connectivity index (χ4n) is 1.50. The summed E-state index contributed by atoms with van der Waals surface area (Å²) in [5.41, 5.74) is -1.23. The maximum absolute atomic E-state index is 13.4. The second kappa shape index (κ2) is 6.17. The summed E-state index contributed by atoms with van der Waals surface area (Å²) in [7, 11) is 0. The van der Waals surface area contributed by atoms with Gasteiger partial charge >= 0.3 is 12.0 Å². The molecule has 5 nitrogen and oxygen atoms in total. The van der Waals surface area contributed by atoms with Crippen LogP contribution in [0.1, 0.15) is 20.3 Å². The van der Waals surface area contributed by atoms with Crippen molar-refractivity contribution in [2.45, 2.75) is 25.8 Å². The monoisotopic (exact) mass is 350 g/mol. The minimum Gasteiger partial charge on any atom is -0.481 e. The predicted molar refractivity (Wildman–Crippen MR) is 72.5 cm³/mol. The van der Waals surface area contributed by atoms with Gasteiger partial charge in [-0.3, -0.25) is 4.79 Å². The van der Waals surface area contributed by atoms with E-state index >= 15 is 0 Å². The van der Waals surface area contributed by atoms with Crippen LogP contribution in [0.15, 0.2) is 16.6 Å². The zero-order chi connectivity index (χ0) is 15.5. The van der Waals surface area contributed by atoms with E-state index in [1.165, 1.54) is 13.8 Å². The highest BCUT2D eigenvalue weighted by Crippen LogP contribution is 2.23. The maximum Gasteiger partial charge on any atom is 0.319 e. The number of benzene rings is 1. The number of amides is 2. The molecule has 110 valence electrons. The Kier molecular flexibility index (Phi) is 5.04. The summed E-state index contributed by atoms with van der Waals surface area (Å²) >= 11 is 2.87. The second-order valence-electron chi connectivity index (χ2n) is 4.78. The van der Waals surface area contributed by atoms with Crippen LogP contribution in [0.2, 0.25) is 0 Å². The van der Waals surface area contributed by atoms with Gasteiger partial charge in [0.1, 0.15) is 11.6 Å². The van der Waals surface area contributed by atoms with E-state index in [0.717, 1.165) is 6.07 Å². The fourth-order valence-corrected chi connectivity index (χ4v) is 1.84. The molecule has 0 radical (unpaired) electrons. The first-order valence-corrected chi connectivity index (χ1v) is 6.35. The van der Waals surface area contributed by atoms with Gasteiger partial charge in [-0.25, -0.2) is 13.6 Å². The Morgan fingerprint density at radius 1 is 1.30 bits per heavy atom. The van der Waals surface area contributed by atoms with Gasteiger partial charge in [0.15, 0.2) is 0 Å². The van der Waals surface area contributed by atoms with Crippen molar-refractivity contribution in [1.82, 2.24) is 5.32 Å². The van der Waals surface area contributed by atoms with Crippen molar-refractivity contribution in [2.24, 2.45) is 0 Å². The highest BCUT2D eigenvalue weighted by atomic mass is 79.9. The van der Waals surface area contributed by atoms with Crippen molar-refractivity contribution in [3.05, 3.63) is 28.2 Å². The third kappa shape index (κ3) is 4.76. The number of nitrogens with one attached hydrogen (secondary N) is 2. The van der Waals surface area contributed by atoms with Gasteiger partial charge in [0.05, 0.1) is 16.6 Å². The summed E-state index contributed by atoms with van der Waals surface area (Å²) in [6.45, 7) is 3.02. The van der Waals surface area contributed by atoms with Gasteiger partial charge in [-0.15, -0.1) is 0 Å². The molecule has 2 amide bonds. The van der Waals surface area contributed by atoms with Crippen molar-refractivity contribution >= 4 is 33.6 Å². The van der Waals surface area contributed by atoms with Gasteiger partial charge in [-0.1, -0.05) is 0 Å². The van der Waals surface area contributed by atoms with Crippen LogP contribution in [-0.2, 0) is 4.79 Å². The molecule has 0 aliphatic heterocycles. The number of halogens is 3. The molecule has 1 rings (SSSR count). The number of carboxylic acids is 1. The van der Waals surface area contributed by atoms with E-state index in [1.54, 1.807) is 0 Å². The van der Waals surface area contributed by atoms with Crippen molar-refractivity contribution in [3.8, 4) is 0 Å². The molecule has 0 spiro atoms. The minimum absolute atomic E-state index is 0.000929. The quantitative estimate of drug-likeness (QED) is 0.730. The van der Waals surface area contributed by atoms with E-state index in [9.17, 15) is 18.4 Å². The average Bonchev–Trinajstić information content (AvgIpc) is 2.22. The van der Waals surface area contributed by atoms with Crippen LogP contribution < -0.4 is 10.6 Å². The standard InChI is InChI=1S/C12H13BrF2N2O3/c1-12(2,5-10(18)19)17-11(20)16-9-3-6(13)7(14)4-8(9)15/h3-4H,5H2,1-2H3,(H,18,19)(H2,16,17,20). The van der Waals surface area contributed by atoms with Gasteiger partial charge < -0.3 is 15.7 Å². The van der Waals surface area contributed by atoms with Crippen LogP contribution in [0.5, 0.6) is 0 Å². The zero-order valence-corrected chi connectivity index (χ0v) is 12.3. The number of urea groups is 1. The van der Waals surface area contributed by atoms with Gasteiger partial charge in [0.25, 0.3) is 0 Å². The lowest BCUT2D eigenvalue weighted by Gasteiger charge is -2.24. The summed E-state index contributed by atoms with van der Waals surface area (Å²) in [5, 5.41) is 13.3. The van der Waals surface area contributed by atoms with Crippen LogP contribution in [0.25, 0.3) is 0 Å². The molecular weight excluding hydrogens is 338 g/mol. The highest BCUT2D eigenvalue weighted by Gasteiger charge is 2.24. The van der Waals surface area contributed by atoms with Crippen LogP contribution in [0, 0.1) is 11.6 Å². The van der Waals surface area contributed by atoms with E-state index in [2.05, 4.69) is 26.6 Å². The normalized spacial score (nSPS) is 11.1. The van der Waals surface area contributed by atoms with E-state index < -0.39 is 29.2 Å². The minimum atomic E-state index is -1.08. The summed E-state index contributed by atoms with van der Waals surface area (Å²) in [6, 6.07) is 0.921. The molecule has 0 saturated heterocycles. The van der Waals surface area contributed by atoms with Gasteiger partial charge in [0.2, 0.25) is 0 Å². The number of aliphatic carboxylic acids is 1. The zero-order valence-electron chi connectivity index (χ0n) is 10.8. The Morgan fingerprint density at radius 2 is 1.90 bits per heavy atom. The lowest BCUT2D eigenvalue weighted by Crippen LogP contribution is -2.46. The average molecular weight is 351 g/mol. The molecule has 20 heavy (non-hydrogen) atoms. The van der Waals surface area contributed by atoms with Crippen LogP contribution in [-0.4, -0.2) is 22.6 Å². The molecule has 0 unspecified atom stereocenters. The molecule has 3 N–H and O–H groups in total. The van der Waals surface area contributed by atoms with E-state index in [0.29, 0.717) is 6.07 Å². The SMILES string of the molecule is CC(C)(CC(=O)O)NC(=O)Nc1cc(Br)c(F)cc1F. The number of carbonyl (C=O) groups is 2. The van der Waals surface area contributed by atoms with Crippen LogP contribution in [0.4, 0.5) is 19.3 Å². The lowest BCUT2D eigenvalue weighted by molar-refractivity contribution is -0.138. The van der Waals surface area contributed by atoms with Gasteiger partial charge in [0, 0.05) is 11.6 Å². The molecular formula is C12H13BrF2N2O3. The molecule has 1 aromatic rings. The first kappa shape index (κ1) is 16.4. The molecule has 0 bridgehead atoms. The number of rotatable bonds is 4. The predicted octanol–water partition coefficient (Wildman–Crippen LogP) is 3.10. The third-order valence-electron chi connectivity index (χ3n) is 2.30. The van der Waals surface area contributed by atoms with Crippen LogP contribution in [0.3, 0.4) is 0 Å². The Bertz CT molecular complexity index is 550. The Hall–Kier alpha value is -1.70. The van der Waals surface area contributed by atoms with Gasteiger partial charge in [-0.05, 0) is 35.8 Å². The summed E-state index contributed by atoms with van der Waals surface area (Å²) in [5.74, 6) is -2.80. The molecule has 0 aliphatic rings.